The molecule has 1 aromatic rings. The van der Waals surface area contributed by atoms with Crippen LogP contribution >= 0.6 is 15.9 Å². The van der Waals surface area contributed by atoms with E-state index in [0.717, 1.165) is 31.7 Å². The van der Waals surface area contributed by atoms with Crippen LogP contribution in [-0.2, 0) is 15.8 Å². The first-order valence-electron chi connectivity index (χ1n) is 10.4. The zero-order valence-electron chi connectivity index (χ0n) is 16.4. The largest absolute Gasteiger partial charge is 0.417 e. The molecule has 1 N–H and O–H groups in total. The SMILES string of the molecule is O=C(Nc1ccc(Br)c(C(F)(F)F)c1)[C@H]1CC=C[C@H]2CN(C3CCCCC3)C(=O)[C@@H]12. The van der Waals surface area contributed by atoms with Crippen LogP contribution in [0.25, 0.3) is 0 Å². The molecule has 1 saturated heterocycles. The van der Waals surface area contributed by atoms with Gasteiger partial charge in [0, 0.05) is 28.7 Å². The number of carbonyl (C=O) groups is 2. The monoisotopic (exact) mass is 484 g/mol. The highest BCUT2D eigenvalue weighted by Crippen LogP contribution is 2.41. The zero-order chi connectivity index (χ0) is 21.5. The van der Waals surface area contributed by atoms with Crippen LogP contribution in [-0.4, -0.2) is 29.3 Å². The second kappa shape index (κ2) is 8.36. The van der Waals surface area contributed by atoms with E-state index in [4.69, 9.17) is 0 Å². The highest BCUT2D eigenvalue weighted by molar-refractivity contribution is 9.10. The fourth-order valence-electron chi connectivity index (χ4n) is 5.05. The van der Waals surface area contributed by atoms with Gasteiger partial charge in [0.1, 0.15) is 0 Å². The Balaban J connectivity index is 1.51. The maximum atomic E-state index is 13.2. The van der Waals surface area contributed by atoms with Crippen LogP contribution in [0, 0.1) is 17.8 Å². The smallest absolute Gasteiger partial charge is 0.339 e. The summed E-state index contributed by atoms with van der Waals surface area (Å²) in [7, 11) is 0. The number of alkyl halides is 3. The standard InChI is InChI=1S/C22H24BrF3N2O2/c23-18-10-9-14(11-17(18)22(24,25)26)27-20(29)16-8-4-5-13-12-28(21(30)19(13)16)15-6-2-1-3-7-15/h4-5,9-11,13,15-16,19H,1-3,6-8,12H2,(H,27,29)/t13-,16-,19+/m0/s1. The van der Waals surface area contributed by atoms with Gasteiger partial charge in [-0.1, -0.05) is 47.3 Å². The molecule has 3 aliphatic rings. The third-order valence-corrected chi connectivity index (χ3v) is 7.23. The van der Waals surface area contributed by atoms with Gasteiger partial charge in [0.2, 0.25) is 11.8 Å². The Morgan fingerprint density at radius 2 is 1.90 bits per heavy atom. The summed E-state index contributed by atoms with van der Waals surface area (Å²) in [4.78, 5) is 28.1. The lowest BCUT2D eigenvalue weighted by molar-refractivity contribution is -0.138. The lowest BCUT2D eigenvalue weighted by Crippen LogP contribution is -2.41. The van der Waals surface area contributed by atoms with Gasteiger partial charge < -0.3 is 10.2 Å². The Morgan fingerprint density at radius 3 is 2.60 bits per heavy atom. The number of halogens is 4. The number of anilines is 1. The number of rotatable bonds is 3. The van der Waals surface area contributed by atoms with Crippen molar-refractivity contribution in [2.75, 3.05) is 11.9 Å². The number of nitrogens with zero attached hydrogens (tertiary/aromatic N) is 1. The molecule has 2 fully saturated rings. The van der Waals surface area contributed by atoms with Crippen LogP contribution in [0.5, 0.6) is 0 Å². The van der Waals surface area contributed by atoms with Crippen molar-refractivity contribution in [3.05, 3.63) is 40.4 Å². The van der Waals surface area contributed by atoms with Gasteiger partial charge in [0.15, 0.2) is 0 Å². The van der Waals surface area contributed by atoms with Crippen LogP contribution < -0.4 is 5.32 Å². The summed E-state index contributed by atoms with van der Waals surface area (Å²) in [6.45, 7) is 0.630. The molecule has 2 aliphatic carbocycles. The van der Waals surface area contributed by atoms with Gasteiger partial charge in [-0.25, -0.2) is 0 Å². The molecule has 162 valence electrons. The van der Waals surface area contributed by atoms with Crippen LogP contribution in [0.2, 0.25) is 0 Å². The van der Waals surface area contributed by atoms with Crippen molar-refractivity contribution in [3.63, 3.8) is 0 Å². The lowest BCUT2D eigenvalue weighted by Gasteiger charge is -2.31. The van der Waals surface area contributed by atoms with Crippen molar-refractivity contribution < 1.29 is 22.8 Å². The van der Waals surface area contributed by atoms with Crippen LogP contribution in [0.4, 0.5) is 18.9 Å². The van der Waals surface area contributed by atoms with E-state index >= 15 is 0 Å². The molecule has 1 saturated carbocycles. The zero-order valence-corrected chi connectivity index (χ0v) is 18.0. The summed E-state index contributed by atoms with van der Waals surface area (Å²) in [6.07, 6.45) is 5.28. The molecule has 8 heteroatoms. The quantitative estimate of drug-likeness (QED) is 0.584. The molecular formula is C22H24BrF3N2O2. The number of amides is 2. The normalized spacial score (nSPS) is 27.3. The molecular weight excluding hydrogens is 461 g/mol. The summed E-state index contributed by atoms with van der Waals surface area (Å²) in [5, 5.41) is 2.61. The summed E-state index contributed by atoms with van der Waals surface area (Å²) >= 11 is 2.91. The van der Waals surface area contributed by atoms with Crippen molar-refractivity contribution in [2.45, 2.75) is 50.7 Å². The van der Waals surface area contributed by atoms with Crippen molar-refractivity contribution >= 4 is 33.4 Å². The first-order chi connectivity index (χ1) is 14.3. The summed E-state index contributed by atoms with van der Waals surface area (Å²) < 4.78 is 39.4. The number of hydrogen-bond acceptors (Lipinski definition) is 2. The Morgan fingerprint density at radius 1 is 1.17 bits per heavy atom. The highest BCUT2D eigenvalue weighted by atomic mass is 79.9. The van der Waals surface area contributed by atoms with E-state index in [9.17, 15) is 22.8 Å². The third kappa shape index (κ3) is 4.15. The van der Waals surface area contributed by atoms with Crippen molar-refractivity contribution in [1.29, 1.82) is 0 Å². The number of hydrogen-bond donors (Lipinski definition) is 1. The number of benzene rings is 1. The molecule has 0 spiro atoms. The number of nitrogens with one attached hydrogen (secondary N) is 1. The minimum atomic E-state index is -4.53. The fraction of sp³-hybridized carbons (Fsp3) is 0.545. The average Bonchev–Trinajstić information content (AvgIpc) is 3.06. The fourth-order valence-corrected chi connectivity index (χ4v) is 5.52. The lowest BCUT2D eigenvalue weighted by atomic mass is 9.77. The molecule has 4 rings (SSSR count). The van der Waals surface area contributed by atoms with Gasteiger partial charge >= 0.3 is 6.18 Å². The molecule has 0 bridgehead atoms. The van der Waals surface area contributed by atoms with E-state index in [1.165, 1.54) is 18.6 Å². The number of likely N-dealkylation sites (tertiary alicyclic amines) is 1. The van der Waals surface area contributed by atoms with E-state index in [0.29, 0.717) is 13.0 Å². The number of allylic oxidation sites excluding steroid dienone is 1. The first-order valence-corrected chi connectivity index (χ1v) is 11.2. The Bertz CT molecular complexity index is 864. The predicted octanol–water partition coefficient (Wildman–Crippen LogP) is 5.39. The second-order valence-corrected chi connectivity index (χ2v) is 9.28. The molecule has 4 nitrogen and oxygen atoms in total. The molecule has 0 aromatic heterocycles. The van der Waals surface area contributed by atoms with Crippen molar-refractivity contribution in [2.24, 2.45) is 17.8 Å². The molecule has 0 unspecified atom stereocenters. The molecule has 3 atom stereocenters. The van der Waals surface area contributed by atoms with Crippen molar-refractivity contribution in [1.82, 2.24) is 4.90 Å². The Labute approximate surface area is 182 Å². The van der Waals surface area contributed by atoms with E-state index in [-0.39, 0.29) is 28.0 Å². The highest BCUT2D eigenvalue weighted by Gasteiger charge is 2.49. The minimum Gasteiger partial charge on any atom is -0.339 e. The van der Waals surface area contributed by atoms with E-state index < -0.39 is 29.5 Å². The van der Waals surface area contributed by atoms with E-state index in [2.05, 4.69) is 21.2 Å². The Hall–Kier alpha value is -1.83. The summed E-state index contributed by atoms with van der Waals surface area (Å²) in [6, 6.07) is 3.86. The van der Waals surface area contributed by atoms with Gasteiger partial charge in [-0.15, -0.1) is 0 Å². The molecule has 1 aromatic carbocycles. The number of fused-ring (bicyclic) bond motifs is 1. The summed E-state index contributed by atoms with van der Waals surface area (Å²) in [5.41, 5.74) is -0.765. The topological polar surface area (TPSA) is 49.4 Å². The van der Waals surface area contributed by atoms with E-state index in [1.807, 2.05) is 17.1 Å². The van der Waals surface area contributed by atoms with Crippen LogP contribution in [0.3, 0.4) is 0 Å². The van der Waals surface area contributed by atoms with Gasteiger partial charge in [0.25, 0.3) is 0 Å². The third-order valence-electron chi connectivity index (χ3n) is 6.54. The van der Waals surface area contributed by atoms with Gasteiger partial charge in [0.05, 0.1) is 17.4 Å². The maximum Gasteiger partial charge on any atom is 0.417 e. The minimum absolute atomic E-state index is 0.0143. The molecule has 1 heterocycles. The van der Waals surface area contributed by atoms with E-state index in [1.54, 1.807) is 0 Å². The molecule has 0 radical (unpaired) electrons. The predicted molar refractivity (Wildman–Crippen MR) is 111 cm³/mol. The van der Waals surface area contributed by atoms with Gasteiger partial charge in [-0.3, -0.25) is 9.59 Å². The average molecular weight is 485 g/mol. The van der Waals surface area contributed by atoms with Crippen LogP contribution in [0.1, 0.15) is 44.1 Å². The van der Waals surface area contributed by atoms with Crippen LogP contribution in [0.15, 0.2) is 34.8 Å². The van der Waals surface area contributed by atoms with Gasteiger partial charge in [-0.2, -0.15) is 13.2 Å². The van der Waals surface area contributed by atoms with Gasteiger partial charge in [-0.05, 0) is 37.5 Å². The second-order valence-electron chi connectivity index (χ2n) is 8.42. The summed E-state index contributed by atoms with van der Waals surface area (Å²) in [5.74, 6) is -1.40. The Kier molecular flexibility index (Phi) is 5.97. The molecule has 2 amide bonds. The first kappa shape index (κ1) is 21.4. The molecule has 1 aliphatic heterocycles. The molecule has 30 heavy (non-hydrogen) atoms. The number of carbonyl (C=O) groups excluding carboxylic acids is 2. The maximum absolute atomic E-state index is 13.2. The van der Waals surface area contributed by atoms with Crippen molar-refractivity contribution in [3.8, 4) is 0 Å².